The van der Waals surface area contributed by atoms with Crippen LogP contribution in [0.4, 0.5) is 18.9 Å². The molecule has 2 aromatic carbocycles. The van der Waals surface area contributed by atoms with Crippen LogP contribution in [0, 0.1) is 0 Å². The summed E-state index contributed by atoms with van der Waals surface area (Å²) in [5.74, 6) is -0.133. The number of methoxy groups -OCH3 is 1. The smallest absolute Gasteiger partial charge is 0.416 e. The number of amides is 2. The zero-order valence-electron chi connectivity index (χ0n) is 17.2. The minimum absolute atomic E-state index is 0.177. The van der Waals surface area contributed by atoms with Gasteiger partial charge in [0.1, 0.15) is 5.75 Å². The maximum Gasteiger partial charge on any atom is 0.416 e. The molecule has 1 fully saturated rings. The van der Waals surface area contributed by atoms with E-state index in [1.54, 1.807) is 35.2 Å². The molecule has 1 unspecified atom stereocenters. The Morgan fingerprint density at radius 2 is 1.87 bits per heavy atom. The Morgan fingerprint density at radius 1 is 1.16 bits per heavy atom. The second-order valence-electron chi connectivity index (χ2n) is 7.28. The van der Waals surface area contributed by atoms with Crippen molar-refractivity contribution in [1.82, 2.24) is 4.90 Å². The van der Waals surface area contributed by atoms with Crippen molar-refractivity contribution >= 4 is 23.6 Å². The molecule has 2 aromatic rings. The Balaban J connectivity index is 1.79. The summed E-state index contributed by atoms with van der Waals surface area (Å²) in [4.78, 5) is 25.5. The predicted octanol–water partition coefficient (Wildman–Crippen LogP) is 5.05. The van der Waals surface area contributed by atoms with E-state index in [0.717, 1.165) is 17.7 Å². The van der Waals surface area contributed by atoms with Crippen molar-refractivity contribution in [2.75, 3.05) is 19.0 Å². The first-order valence-electron chi connectivity index (χ1n) is 9.80. The second-order valence-corrected chi connectivity index (χ2v) is 7.28. The molecular formula is C23H23F3N2O3. The molecule has 2 amide bonds. The van der Waals surface area contributed by atoms with E-state index in [-0.39, 0.29) is 11.8 Å². The number of carbonyl (C=O) groups excluding carboxylic acids is 2. The van der Waals surface area contributed by atoms with Crippen LogP contribution in [0.3, 0.4) is 0 Å². The number of rotatable bonds is 5. The van der Waals surface area contributed by atoms with Gasteiger partial charge in [0.05, 0.1) is 18.7 Å². The molecule has 164 valence electrons. The fraction of sp³-hybridized carbons (Fsp3) is 0.304. The number of carbonyl (C=O) groups is 2. The number of hydrogen-bond donors (Lipinski definition) is 1. The maximum absolute atomic E-state index is 13.2. The Labute approximate surface area is 178 Å². The SMILES string of the molecule is COc1ccc(C(F)(F)F)cc1C1CCCN1C(=O)/C=C/c1ccc(NC(C)=O)cc1. The normalized spacial score (nSPS) is 16.5. The van der Waals surface area contributed by atoms with Gasteiger partial charge in [0, 0.05) is 30.8 Å². The molecule has 3 rings (SSSR count). The van der Waals surface area contributed by atoms with Crippen molar-refractivity contribution in [3.63, 3.8) is 0 Å². The Hall–Kier alpha value is -3.29. The Morgan fingerprint density at radius 3 is 2.48 bits per heavy atom. The van der Waals surface area contributed by atoms with Crippen LogP contribution in [-0.4, -0.2) is 30.4 Å². The Bertz CT molecular complexity index is 985. The number of alkyl halides is 3. The standard InChI is InChI=1S/C23H23F3N2O3/c1-15(29)27-18-9-5-16(6-10-18)7-12-22(30)28-13-3-4-20(28)19-14-17(23(24,25)26)8-11-21(19)31-2/h5-12,14,20H,3-4,13H2,1-2H3,(H,27,29)/b12-7+. The van der Waals surface area contributed by atoms with Gasteiger partial charge in [-0.1, -0.05) is 12.1 Å². The number of benzene rings is 2. The van der Waals surface area contributed by atoms with Crippen LogP contribution in [0.5, 0.6) is 5.75 Å². The summed E-state index contributed by atoms with van der Waals surface area (Å²) in [6.45, 7) is 1.87. The third-order valence-electron chi connectivity index (χ3n) is 5.10. The summed E-state index contributed by atoms with van der Waals surface area (Å²) in [6.07, 6.45) is -0.181. The average Bonchev–Trinajstić information content (AvgIpc) is 3.21. The number of hydrogen-bond acceptors (Lipinski definition) is 3. The van der Waals surface area contributed by atoms with Crippen molar-refractivity contribution in [3.05, 3.63) is 65.2 Å². The molecule has 31 heavy (non-hydrogen) atoms. The highest BCUT2D eigenvalue weighted by atomic mass is 19.4. The van der Waals surface area contributed by atoms with Gasteiger partial charge in [-0.3, -0.25) is 9.59 Å². The molecule has 1 aliphatic heterocycles. The lowest BCUT2D eigenvalue weighted by Gasteiger charge is -2.26. The molecule has 0 aliphatic carbocycles. The molecule has 1 heterocycles. The van der Waals surface area contributed by atoms with Gasteiger partial charge >= 0.3 is 6.18 Å². The van der Waals surface area contributed by atoms with Gasteiger partial charge < -0.3 is 15.0 Å². The van der Waals surface area contributed by atoms with Crippen molar-refractivity contribution in [1.29, 1.82) is 0 Å². The summed E-state index contributed by atoms with van der Waals surface area (Å²) in [7, 11) is 1.40. The fourth-order valence-corrected chi connectivity index (χ4v) is 3.67. The number of likely N-dealkylation sites (tertiary alicyclic amines) is 1. The molecule has 5 nitrogen and oxygen atoms in total. The van der Waals surface area contributed by atoms with Crippen molar-refractivity contribution in [3.8, 4) is 5.75 Å². The van der Waals surface area contributed by atoms with E-state index < -0.39 is 17.8 Å². The van der Waals surface area contributed by atoms with Crippen LogP contribution in [0.1, 0.15) is 42.5 Å². The predicted molar refractivity (Wildman–Crippen MR) is 111 cm³/mol. The molecule has 1 saturated heterocycles. The molecule has 8 heteroatoms. The largest absolute Gasteiger partial charge is 0.496 e. The van der Waals surface area contributed by atoms with Crippen LogP contribution in [0.25, 0.3) is 6.08 Å². The third kappa shape index (κ3) is 5.45. The van der Waals surface area contributed by atoms with E-state index in [9.17, 15) is 22.8 Å². The maximum atomic E-state index is 13.2. The van der Waals surface area contributed by atoms with E-state index in [1.165, 1.54) is 26.2 Å². The van der Waals surface area contributed by atoms with Gasteiger partial charge in [0.15, 0.2) is 0 Å². The fourth-order valence-electron chi connectivity index (χ4n) is 3.67. The van der Waals surface area contributed by atoms with Crippen molar-refractivity contribution in [2.24, 2.45) is 0 Å². The van der Waals surface area contributed by atoms with Gasteiger partial charge in [-0.05, 0) is 54.8 Å². The molecule has 1 N–H and O–H groups in total. The lowest BCUT2D eigenvalue weighted by Crippen LogP contribution is -2.29. The molecule has 1 atom stereocenters. The van der Waals surface area contributed by atoms with Crippen molar-refractivity contribution < 1.29 is 27.5 Å². The Kier molecular flexibility index (Phi) is 6.68. The van der Waals surface area contributed by atoms with E-state index >= 15 is 0 Å². The van der Waals surface area contributed by atoms with Gasteiger partial charge in [0.25, 0.3) is 0 Å². The third-order valence-corrected chi connectivity index (χ3v) is 5.10. The zero-order chi connectivity index (χ0) is 22.6. The molecular weight excluding hydrogens is 409 g/mol. The molecule has 0 saturated carbocycles. The summed E-state index contributed by atoms with van der Waals surface area (Å²) in [5.41, 5.74) is 0.996. The highest BCUT2D eigenvalue weighted by Gasteiger charge is 2.35. The topological polar surface area (TPSA) is 58.6 Å². The van der Waals surface area contributed by atoms with Gasteiger partial charge in [-0.25, -0.2) is 0 Å². The van der Waals surface area contributed by atoms with Crippen LogP contribution in [0.2, 0.25) is 0 Å². The molecule has 0 radical (unpaired) electrons. The molecule has 1 aliphatic rings. The van der Waals surface area contributed by atoms with Crippen LogP contribution < -0.4 is 10.1 Å². The first-order chi connectivity index (χ1) is 14.7. The number of ether oxygens (including phenoxy) is 1. The average molecular weight is 432 g/mol. The summed E-state index contributed by atoms with van der Waals surface area (Å²) < 4.78 is 44.9. The summed E-state index contributed by atoms with van der Waals surface area (Å²) >= 11 is 0. The quantitative estimate of drug-likeness (QED) is 0.673. The number of halogens is 3. The van der Waals surface area contributed by atoms with E-state index in [0.29, 0.717) is 36.4 Å². The van der Waals surface area contributed by atoms with Gasteiger partial charge in [-0.2, -0.15) is 13.2 Å². The van der Waals surface area contributed by atoms with E-state index in [1.807, 2.05) is 0 Å². The van der Waals surface area contributed by atoms with E-state index in [2.05, 4.69) is 5.32 Å². The number of nitrogens with one attached hydrogen (secondary N) is 1. The molecule has 0 bridgehead atoms. The van der Waals surface area contributed by atoms with Crippen LogP contribution in [0.15, 0.2) is 48.5 Å². The summed E-state index contributed by atoms with van der Waals surface area (Å²) in [5, 5.41) is 2.66. The van der Waals surface area contributed by atoms with E-state index in [4.69, 9.17) is 4.74 Å². The zero-order valence-corrected chi connectivity index (χ0v) is 17.2. The lowest BCUT2D eigenvalue weighted by atomic mass is 10.00. The molecule has 0 aromatic heterocycles. The highest BCUT2D eigenvalue weighted by molar-refractivity contribution is 5.92. The first-order valence-corrected chi connectivity index (χ1v) is 9.80. The molecule has 0 spiro atoms. The number of nitrogens with zero attached hydrogens (tertiary/aromatic N) is 1. The monoisotopic (exact) mass is 432 g/mol. The first kappa shape index (κ1) is 22.4. The number of anilines is 1. The second kappa shape index (κ2) is 9.24. The van der Waals surface area contributed by atoms with Gasteiger partial charge in [0.2, 0.25) is 11.8 Å². The van der Waals surface area contributed by atoms with Crippen LogP contribution >= 0.6 is 0 Å². The minimum atomic E-state index is -4.47. The summed E-state index contributed by atoms with van der Waals surface area (Å²) in [6, 6.07) is 9.81. The van der Waals surface area contributed by atoms with Gasteiger partial charge in [-0.15, -0.1) is 0 Å². The van der Waals surface area contributed by atoms with Crippen LogP contribution in [-0.2, 0) is 15.8 Å². The van der Waals surface area contributed by atoms with Crippen molar-refractivity contribution in [2.45, 2.75) is 32.0 Å². The minimum Gasteiger partial charge on any atom is -0.496 e. The highest BCUT2D eigenvalue weighted by Crippen LogP contribution is 2.40. The lowest BCUT2D eigenvalue weighted by molar-refractivity contribution is -0.137.